The minimum Gasteiger partial charge on any atom is -0.381 e. The van der Waals surface area contributed by atoms with Gasteiger partial charge in [-0.2, -0.15) is 0 Å². The van der Waals surface area contributed by atoms with Crippen molar-refractivity contribution in [2.45, 2.75) is 38.7 Å². The van der Waals surface area contributed by atoms with Crippen LogP contribution in [0.5, 0.6) is 0 Å². The average molecular weight is 128 g/mol. The van der Waals surface area contributed by atoms with Gasteiger partial charge in [0.2, 0.25) is 0 Å². The van der Waals surface area contributed by atoms with Crippen LogP contribution in [0.15, 0.2) is 0 Å². The summed E-state index contributed by atoms with van der Waals surface area (Å²) in [6.07, 6.45) is 5.88. The molecule has 0 unspecified atom stereocenters. The lowest BCUT2D eigenvalue weighted by Gasteiger charge is -2.25. The minimum atomic E-state index is 0.564. The fraction of sp³-hybridized carbons (Fsp3) is 1.00. The molecule has 1 aliphatic carbocycles. The third-order valence-corrected chi connectivity index (χ3v) is 2.22. The summed E-state index contributed by atoms with van der Waals surface area (Å²) >= 11 is 0. The van der Waals surface area contributed by atoms with Gasteiger partial charge < -0.3 is 4.74 Å². The van der Waals surface area contributed by atoms with Crippen molar-refractivity contribution < 1.29 is 4.74 Å². The van der Waals surface area contributed by atoms with Crippen LogP contribution in [0, 0.1) is 5.92 Å². The van der Waals surface area contributed by atoms with Gasteiger partial charge in [0.15, 0.2) is 0 Å². The Hall–Kier alpha value is -0.0400. The molecular formula is C8H16O. The zero-order valence-corrected chi connectivity index (χ0v) is 6.39. The molecule has 1 nitrogen and oxygen atoms in total. The first-order valence-corrected chi connectivity index (χ1v) is 3.85. The van der Waals surface area contributed by atoms with E-state index in [0.717, 1.165) is 5.92 Å². The Morgan fingerprint density at radius 2 is 2.11 bits per heavy atom. The molecule has 1 aliphatic rings. The quantitative estimate of drug-likeness (QED) is 0.526. The van der Waals surface area contributed by atoms with Crippen LogP contribution >= 0.6 is 0 Å². The van der Waals surface area contributed by atoms with Crippen molar-refractivity contribution in [3.05, 3.63) is 0 Å². The minimum absolute atomic E-state index is 0.564. The molecule has 0 bridgehead atoms. The smallest absolute Gasteiger partial charge is 0.0573 e. The molecule has 54 valence electrons. The van der Waals surface area contributed by atoms with Crippen LogP contribution in [0.25, 0.3) is 0 Å². The summed E-state index contributed by atoms with van der Waals surface area (Å²) in [5, 5.41) is 0. The van der Waals surface area contributed by atoms with E-state index in [9.17, 15) is 0 Å². The van der Waals surface area contributed by atoms with Crippen molar-refractivity contribution in [2.75, 3.05) is 7.11 Å². The van der Waals surface area contributed by atoms with Crippen LogP contribution in [0.1, 0.15) is 32.6 Å². The number of ether oxygens (including phenoxy) is 1. The second-order valence-electron chi connectivity index (χ2n) is 3.13. The van der Waals surface area contributed by atoms with Crippen molar-refractivity contribution >= 4 is 0 Å². The Morgan fingerprint density at radius 3 is 2.56 bits per heavy atom. The Labute approximate surface area is 57.4 Å². The molecule has 1 heteroatoms. The number of methoxy groups -OCH3 is 1. The van der Waals surface area contributed by atoms with Gasteiger partial charge in [0.05, 0.1) is 6.10 Å². The third kappa shape index (κ3) is 1.98. The van der Waals surface area contributed by atoms with Gasteiger partial charge >= 0.3 is 0 Å². The zero-order chi connectivity index (χ0) is 6.69. The lowest BCUT2D eigenvalue weighted by molar-refractivity contribution is 0.0542. The van der Waals surface area contributed by atoms with Crippen LogP contribution in [0.2, 0.25) is 0 Å². The van der Waals surface area contributed by atoms with E-state index < -0.39 is 0 Å². The van der Waals surface area contributed by atoms with Gasteiger partial charge in [0.25, 0.3) is 0 Å². The van der Waals surface area contributed by atoms with E-state index in [1.54, 1.807) is 0 Å². The van der Waals surface area contributed by atoms with Crippen molar-refractivity contribution in [1.82, 2.24) is 0 Å². The molecule has 1 saturated carbocycles. The molecule has 1 fully saturated rings. The van der Waals surface area contributed by atoms with Crippen LogP contribution < -0.4 is 0 Å². The van der Waals surface area contributed by atoms with E-state index in [0.29, 0.717) is 6.10 Å². The molecule has 0 N–H and O–H groups in total. The van der Waals surface area contributed by atoms with E-state index in [4.69, 9.17) is 4.74 Å². The summed E-state index contributed by atoms with van der Waals surface area (Å²) in [6.45, 7) is 2.31. The molecule has 0 aromatic carbocycles. The van der Waals surface area contributed by atoms with Crippen LogP contribution in [0.3, 0.4) is 0 Å². The van der Waals surface area contributed by atoms with E-state index in [1.807, 2.05) is 7.11 Å². The van der Waals surface area contributed by atoms with Crippen LogP contribution in [-0.4, -0.2) is 13.2 Å². The summed E-state index contributed by atoms with van der Waals surface area (Å²) in [4.78, 5) is 0. The number of hydrogen-bond acceptors (Lipinski definition) is 1. The average Bonchev–Trinajstić information content (AvgIpc) is 1.88. The maximum absolute atomic E-state index is 5.26. The Balaban J connectivity index is 2.23. The largest absolute Gasteiger partial charge is 0.381 e. The summed E-state index contributed by atoms with van der Waals surface area (Å²) in [7, 11) is 1.82. The van der Waals surface area contributed by atoms with Crippen LogP contribution in [-0.2, 0) is 4.74 Å². The zero-order valence-electron chi connectivity index (χ0n) is 6.39. The third-order valence-electron chi connectivity index (χ3n) is 2.22. The van der Waals surface area contributed by atoms with E-state index in [1.165, 1.54) is 25.7 Å². The second kappa shape index (κ2) is 3.21. The highest BCUT2D eigenvalue weighted by atomic mass is 16.5. The van der Waals surface area contributed by atoms with Gasteiger partial charge in [-0.05, 0) is 18.8 Å². The molecule has 0 radical (unpaired) electrons. The predicted molar refractivity (Wildman–Crippen MR) is 38.4 cm³/mol. The Bertz CT molecular complexity index is 80.6. The lowest BCUT2D eigenvalue weighted by atomic mass is 9.89. The van der Waals surface area contributed by atoms with E-state index in [2.05, 4.69) is 6.92 Å². The fourth-order valence-corrected chi connectivity index (χ4v) is 1.59. The molecule has 0 saturated heterocycles. The number of rotatable bonds is 1. The first-order valence-electron chi connectivity index (χ1n) is 3.85. The molecule has 0 amide bonds. The first-order chi connectivity index (χ1) is 4.33. The van der Waals surface area contributed by atoms with Crippen molar-refractivity contribution in [1.29, 1.82) is 0 Å². The molecule has 9 heavy (non-hydrogen) atoms. The van der Waals surface area contributed by atoms with Crippen molar-refractivity contribution in [3.63, 3.8) is 0 Å². The molecule has 0 heterocycles. The molecular weight excluding hydrogens is 112 g/mol. The predicted octanol–water partition coefficient (Wildman–Crippen LogP) is 2.21. The highest BCUT2D eigenvalue weighted by Gasteiger charge is 2.17. The highest BCUT2D eigenvalue weighted by molar-refractivity contribution is 4.69. The normalized spacial score (nSPS) is 36.7. The maximum Gasteiger partial charge on any atom is 0.0573 e. The molecule has 0 aromatic heterocycles. The summed E-state index contributed by atoms with van der Waals surface area (Å²) in [5.41, 5.74) is 0. The van der Waals surface area contributed by atoms with Crippen LogP contribution in [0.4, 0.5) is 0 Å². The van der Waals surface area contributed by atoms with Gasteiger partial charge in [-0.25, -0.2) is 0 Å². The van der Waals surface area contributed by atoms with E-state index >= 15 is 0 Å². The van der Waals surface area contributed by atoms with Gasteiger partial charge in [-0.1, -0.05) is 19.8 Å². The SMILES string of the molecule is CO[C@H]1CCC[C@H](C)C1. The Kier molecular flexibility index (Phi) is 2.52. The summed E-state index contributed by atoms with van der Waals surface area (Å²) in [5.74, 6) is 0.892. The van der Waals surface area contributed by atoms with Gasteiger partial charge in [0, 0.05) is 7.11 Å². The molecule has 0 aromatic rings. The topological polar surface area (TPSA) is 9.23 Å². The first kappa shape index (κ1) is 7.07. The fourth-order valence-electron chi connectivity index (χ4n) is 1.59. The highest BCUT2D eigenvalue weighted by Crippen LogP contribution is 2.24. The second-order valence-corrected chi connectivity index (χ2v) is 3.13. The van der Waals surface area contributed by atoms with Crippen molar-refractivity contribution in [2.24, 2.45) is 5.92 Å². The maximum atomic E-state index is 5.26. The lowest BCUT2D eigenvalue weighted by Crippen LogP contribution is -2.19. The molecule has 0 spiro atoms. The number of hydrogen-bond donors (Lipinski definition) is 0. The summed E-state index contributed by atoms with van der Waals surface area (Å²) < 4.78 is 5.26. The molecule has 1 rings (SSSR count). The standard InChI is InChI=1S/C8H16O/c1-7-4-3-5-8(6-7)9-2/h7-8H,3-6H2,1-2H3/t7-,8-/m0/s1. The molecule has 2 atom stereocenters. The monoisotopic (exact) mass is 128 g/mol. The van der Waals surface area contributed by atoms with E-state index in [-0.39, 0.29) is 0 Å². The Morgan fingerprint density at radius 1 is 1.33 bits per heavy atom. The molecule has 0 aliphatic heterocycles. The van der Waals surface area contributed by atoms with Gasteiger partial charge in [0.1, 0.15) is 0 Å². The van der Waals surface area contributed by atoms with Crippen molar-refractivity contribution in [3.8, 4) is 0 Å². The van der Waals surface area contributed by atoms with Gasteiger partial charge in [-0.15, -0.1) is 0 Å². The summed E-state index contributed by atoms with van der Waals surface area (Å²) in [6, 6.07) is 0. The van der Waals surface area contributed by atoms with Gasteiger partial charge in [-0.3, -0.25) is 0 Å².